The van der Waals surface area contributed by atoms with Gasteiger partial charge in [0.25, 0.3) is 0 Å². The molecule has 3 rings (SSSR count). The Morgan fingerprint density at radius 3 is 2.59 bits per heavy atom. The first-order valence-corrected chi connectivity index (χ1v) is 12.0. The lowest BCUT2D eigenvalue weighted by atomic mass is 9.75. The zero-order valence-electron chi connectivity index (χ0n) is 20.2. The number of nitrogens with one attached hydrogen (secondary N) is 2. The fraction of sp³-hybridized carbons (Fsp3) is 0.462. The van der Waals surface area contributed by atoms with Crippen molar-refractivity contribution in [3.8, 4) is 5.75 Å². The summed E-state index contributed by atoms with van der Waals surface area (Å²) in [5.74, 6) is -0.728. The van der Waals surface area contributed by atoms with Gasteiger partial charge >= 0.3 is 7.12 Å². The first-order chi connectivity index (χ1) is 16.3. The topological polar surface area (TPSA) is 108 Å². The van der Waals surface area contributed by atoms with Crippen LogP contribution >= 0.6 is 0 Å². The van der Waals surface area contributed by atoms with Gasteiger partial charge in [-0.3, -0.25) is 9.59 Å². The molecule has 182 valence electrons. The van der Waals surface area contributed by atoms with Gasteiger partial charge in [0.15, 0.2) is 0 Å². The summed E-state index contributed by atoms with van der Waals surface area (Å²) < 4.78 is 5.34. The normalized spacial score (nSPS) is 16.8. The average molecular weight is 466 g/mol. The van der Waals surface area contributed by atoms with Gasteiger partial charge in [0.05, 0.1) is 31.4 Å². The molecule has 0 fully saturated rings. The summed E-state index contributed by atoms with van der Waals surface area (Å²) >= 11 is 0. The number of methoxy groups -OCH3 is 1. The van der Waals surface area contributed by atoms with E-state index in [1.165, 1.54) is 5.56 Å². The van der Waals surface area contributed by atoms with Crippen molar-refractivity contribution in [2.75, 3.05) is 7.11 Å². The van der Waals surface area contributed by atoms with Gasteiger partial charge in [0, 0.05) is 0 Å². The Kier molecular flexibility index (Phi) is 9.13. The lowest BCUT2D eigenvalue weighted by Gasteiger charge is -2.28. The van der Waals surface area contributed by atoms with Crippen molar-refractivity contribution in [1.29, 1.82) is 0 Å². The Labute approximate surface area is 202 Å². The van der Waals surface area contributed by atoms with E-state index in [4.69, 9.17) is 4.74 Å². The van der Waals surface area contributed by atoms with E-state index in [0.717, 1.165) is 30.4 Å². The van der Waals surface area contributed by atoms with E-state index in [9.17, 15) is 19.6 Å². The van der Waals surface area contributed by atoms with Crippen LogP contribution in [0.2, 0.25) is 0 Å². The predicted octanol–water partition coefficient (Wildman–Crippen LogP) is 2.91. The Balaban J connectivity index is 1.80. The van der Waals surface area contributed by atoms with E-state index in [1.807, 2.05) is 44.2 Å². The van der Waals surface area contributed by atoms with E-state index < -0.39 is 19.1 Å². The number of hydrogen-bond donors (Lipinski definition) is 4. The SMILES string of the molecule is COc1cccc(C(CC(=O)NC(CC(C)C)B(O)O)NC(=O)C2CCCc3ccccc32)c1. The summed E-state index contributed by atoms with van der Waals surface area (Å²) in [6, 6.07) is 14.7. The molecular weight excluding hydrogens is 431 g/mol. The summed E-state index contributed by atoms with van der Waals surface area (Å²) in [6.07, 6.45) is 3.05. The van der Waals surface area contributed by atoms with Crippen LogP contribution in [0.5, 0.6) is 5.75 Å². The standard InChI is InChI=1S/C26H35BN2O5/c1-17(2)14-24(27(32)33)29-25(30)16-23(19-10-6-11-20(15-19)34-3)28-26(31)22-13-7-9-18-8-4-5-12-21(18)22/h4-6,8,10-12,15,17,22-24,32-33H,7,9,13-14,16H2,1-3H3,(H,28,31)(H,29,30). The number of amides is 2. The predicted molar refractivity (Wildman–Crippen MR) is 132 cm³/mol. The molecule has 8 heteroatoms. The highest BCUT2D eigenvalue weighted by molar-refractivity contribution is 6.43. The van der Waals surface area contributed by atoms with E-state index >= 15 is 0 Å². The minimum Gasteiger partial charge on any atom is -0.497 e. The van der Waals surface area contributed by atoms with Gasteiger partial charge in [-0.25, -0.2) is 0 Å². The molecule has 2 aromatic carbocycles. The number of carbonyl (C=O) groups is 2. The fourth-order valence-corrected chi connectivity index (χ4v) is 4.62. The van der Waals surface area contributed by atoms with Gasteiger partial charge in [-0.1, -0.05) is 50.2 Å². The number of fused-ring (bicyclic) bond motifs is 1. The summed E-state index contributed by atoms with van der Waals surface area (Å²) in [6.45, 7) is 3.89. The van der Waals surface area contributed by atoms with Gasteiger partial charge in [-0.15, -0.1) is 0 Å². The highest BCUT2D eigenvalue weighted by atomic mass is 16.5. The molecular formula is C26H35BN2O5. The second-order valence-electron chi connectivity index (χ2n) is 9.40. The second-order valence-corrected chi connectivity index (χ2v) is 9.40. The van der Waals surface area contributed by atoms with Gasteiger partial charge in [0.2, 0.25) is 11.8 Å². The molecule has 3 unspecified atom stereocenters. The molecule has 0 bridgehead atoms. The van der Waals surface area contributed by atoms with Crippen molar-refractivity contribution in [1.82, 2.24) is 10.6 Å². The maximum Gasteiger partial charge on any atom is 0.475 e. The molecule has 2 amide bonds. The number of carbonyl (C=O) groups excluding carboxylic acids is 2. The van der Waals surface area contributed by atoms with Crippen molar-refractivity contribution in [2.45, 2.75) is 63.9 Å². The fourth-order valence-electron chi connectivity index (χ4n) is 4.62. The third-order valence-corrected chi connectivity index (χ3v) is 6.32. The second kappa shape index (κ2) is 12.0. The average Bonchev–Trinajstić information content (AvgIpc) is 2.82. The molecule has 0 spiro atoms. The molecule has 34 heavy (non-hydrogen) atoms. The van der Waals surface area contributed by atoms with Crippen LogP contribution in [-0.4, -0.2) is 42.0 Å². The maximum atomic E-state index is 13.4. The third kappa shape index (κ3) is 6.84. The summed E-state index contributed by atoms with van der Waals surface area (Å²) in [7, 11) is -0.0905. The molecule has 4 N–H and O–H groups in total. The Morgan fingerprint density at radius 2 is 1.88 bits per heavy atom. The molecule has 7 nitrogen and oxygen atoms in total. The van der Waals surface area contributed by atoms with Crippen LogP contribution in [0.15, 0.2) is 48.5 Å². The molecule has 1 aliphatic carbocycles. The number of ether oxygens (including phenoxy) is 1. The van der Waals surface area contributed by atoms with Gasteiger partial charge < -0.3 is 25.4 Å². The van der Waals surface area contributed by atoms with E-state index in [2.05, 4.69) is 16.7 Å². The van der Waals surface area contributed by atoms with Crippen molar-refractivity contribution in [3.63, 3.8) is 0 Å². The van der Waals surface area contributed by atoms with Crippen molar-refractivity contribution in [3.05, 3.63) is 65.2 Å². The van der Waals surface area contributed by atoms with Gasteiger partial charge in [0.1, 0.15) is 5.75 Å². The minimum atomic E-state index is -1.66. The highest BCUT2D eigenvalue weighted by Crippen LogP contribution is 2.32. The van der Waals surface area contributed by atoms with Gasteiger partial charge in [-0.05, 0) is 60.4 Å². The van der Waals surface area contributed by atoms with Crippen molar-refractivity contribution in [2.24, 2.45) is 5.92 Å². The minimum absolute atomic E-state index is 0.0331. The van der Waals surface area contributed by atoms with Crippen LogP contribution in [0.25, 0.3) is 0 Å². The number of rotatable bonds is 10. The van der Waals surface area contributed by atoms with E-state index in [1.54, 1.807) is 19.2 Å². The Bertz CT molecular complexity index is 981. The lowest BCUT2D eigenvalue weighted by molar-refractivity contribution is -0.125. The zero-order valence-corrected chi connectivity index (χ0v) is 20.2. The first-order valence-electron chi connectivity index (χ1n) is 12.0. The third-order valence-electron chi connectivity index (χ3n) is 6.32. The molecule has 0 radical (unpaired) electrons. The van der Waals surface area contributed by atoms with E-state index in [0.29, 0.717) is 12.2 Å². The highest BCUT2D eigenvalue weighted by Gasteiger charge is 2.31. The molecule has 2 aromatic rings. The van der Waals surface area contributed by atoms with Crippen LogP contribution in [0, 0.1) is 5.92 Å². The molecule has 0 aliphatic heterocycles. The summed E-state index contributed by atoms with van der Waals surface area (Å²) in [5.41, 5.74) is 2.98. The van der Waals surface area contributed by atoms with Crippen LogP contribution in [0.1, 0.15) is 68.2 Å². The first kappa shape index (κ1) is 25.8. The molecule has 0 aromatic heterocycles. The maximum absolute atomic E-state index is 13.4. The van der Waals surface area contributed by atoms with Crippen molar-refractivity contribution >= 4 is 18.9 Å². The van der Waals surface area contributed by atoms with Gasteiger partial charge in [-0.2, -0.15) is 0 Å². The largest absolute Gasteiger partial charge is 0.497 e. The van der Waals surface area contributed by atoms with Crippen molar-refractivity contribution < 1.29 is 24.4 Å². The molecule has 3 atom stereocenters. The number of hydrogen-bond acceptors (Lipinski definition) is 5. The number of benzene rings is 2. The number of aryl methyl sites for hydroxylation is 1. The monoisotopic (exact) mass is 466 g/mol. The lowest BCUT2D eigenvalue weighted by Crippen LogP contribution is -2.48. The smallest absolute Gasteiger partial charge is 0.475 e. The summed E-state index contributed by atoms with van der Waals surface area (Å²) in [5, 5.41) is 25.2. The Hall–Kier alpha value is -2.84. The van der Waals surface area contributed by atoms with Crippen LogP contribution in [-0.2, 0) is 16.0 Å². The van der Waals surface area contributed by atoms with Crippen LogP contribution < -0.4 is 15.4 Å². The molecule has 1 aliphatic rings. The summed E-state index contributed by atoms with van der Waals surface area (Å²) in [4.78, 5) is 26.3. The zero-order chi connectivity index (χ0) is 24.7. The van der Waals surface area contributed by atoms with Crippen LogP contribution in [0.3, 0.4) is 0 Å². The quantitative estimate of drug-likeness (QED) is 0.403. The Morgan fingerprint density at radius 1 is 1.12 bits per heavy atom. The van der Waals surface area contributed by atoms with E-state index in [-0.39, 0.29) is 30.1 Å². The molecule has 0 saturated carbocycles. The molecule has 0 heterocycles. The van der Waals surface area contributed by atoms with Crippen LogP contribution in [0.4, 0.5) is 0 Å². The molecule has 0 saturated heterocycles.